The van der Waals surface area contributed by atoms with Gasteiger partial charge in [0.15, 0.2) is 0 Å². The molecule has 1 aromatic carbocycles. The minimum absolute atomic E-state index is 0.0101. The number of nitrogens with zero attached hydrogens (tertiary/aromatic N) is 2. The Kier molecular flexibility index (Phi) is 6.12. The second-order valence-corrected chi connectivity index (χ2v) is 9.19. The quantitative estimate of drug-likeness (QED) is 0.902. The molecule has 0 aromatic heterocycles. The third-order valence-electron chi connectivity index (χ3n) is 4.70. The summed E-state index contributed by atoms with van der Waals surface area (Å²) in [6, 6.07) is 8.04. The first-order chi connectivity index (χ1) is 12.0. The minimum Gasteiger partial charge on any atom is -0.340 e. The summed E-state index contributed by atoms with van der Waals surface area (Å²) in [5, 5.41) is 2.96. The summed E-state index contributed by atoms with van der Waals surface area (Å²) in [7, 11) is 0. The zero-order chi connectivity index (χ0) is 19.5. The van der Waals surface area contributed by atoms with E-state index in [1.54, 1.807) is 0 Å². The average molecular weight is 360 g/mol. The number of nitrogens with one attached hydrogen (secondary N) is 1. The van der Waals surface area contributed by atoms with E-state index in [9.17, 15) is 9.59 Å². The zero-order valence-electron chi connectivity index (χ0n) is 17.1. The number of amides is 2. The first kappa shape index (κ1) is 20.4. The molecule has 26 heavy (non-hydrogen) atoms. The predicted octanol–water partition coefficient (Wildman–Crippen LogP) is 3.11. The van der Waals surface area contributed by atoms with Crippen molar-refractivity contribution in [3.05, 3.63) is 29.8 Å². The molecule has 2 amide bonds. The highest BCUT2D eigenvalue weighted by Crippen LogP contribution is 2.23. The highest BCUT2D eigenvalue weighted by atomic mass is 16.2. The lowest BCUT2D eigenvalue weighted by Gasteiger charge is -2.37. The van der Waals surface area contributed by atoms with Gasteiger partial charge in [-0.3, -0.25) is 14.5 Å². The molecule has 2 rings (SSSR count). The number of benzene rings is 1. The highest BCUT2D eigenvalue weighted by Gasteiger charge is 2.30. The third kappa shape index (κ3) is 5.56. The Balaban J connectivity index is 1.81. The van der Waals surface area contributed by atoms with Gasteiger partial charge in [0.05, 0.1) is 6.54 Å². The molecule has 0 radical (unpaired) electrons. The number of piperazine rings is 1. The maximum atomic E-state index is 12.3. The molecule has 0 unspecified atom stereocenters. The van der Waals surface area contributed by atoms with Gasteiger partial charge in [-0.25, -0.2) is 0 Å². The van der Waals surface area contributed by atoms with E-state index in [0.29, 0.717) is 19.6 Å². The Morgan fingerprint density at radius 3 is 1.92 bits per heavy atom. The van der Waals surface area contributed by atoms with Gasteiger partial charge in [0.2, 0.25) is 11.8 Å². The third-order valence-corrected chi connectivity index (χ3v) is 4.70. The molecule has 0 aliphatic carbocycles. The van der Waals surface area contributed by atoms with E-state index in [0.717, 1.165) is 18.8 Å². The number of rotatable bonds is 3. The van der Waals surface area contributed by atoms with Gasteiger partial charge in [-0.15, -0.1) is 0 Å². The van der Waals surface area contributed by atoms with Crippen molar-refractivity contribution in [1.82, 2.24) is 9.80 Å². The van der Waals surface area contributed by atoms with Crippen LogP contribution in [0, 0.1) is 5.41 Å². The van der Waals surface area contributed by atoms with Crippen LogP contribution in [0.3, 0.4) is 0 Å². The van der Waals surface area contributed by atoms with Crippen molar-refractivity contribution in [2.24, 2.45) is 5.41 Å². The first-order valence-corrected chi connectivity index (χ1v) is 9.39. The van der Waals surface area contributed by atoms with Crippen LogP contribution in [0.2, 0.25) is 0 Å². The smallest absolute Gasteiger partial charge is 0.238 e. The zero-order valence-corrected chi connectivity index (χ0v) is 17.1. The van der Waals surface area contributed by atoms with Crippen molar-refractivity contribution >= 4 is 17.5 Å². The van der Waals surface area contributed by atoms with E-state index >= 15 is 0 Å². The standard InChI is InChI=1S/C21H33N3O2/c1-20(2,3)16-7-9-17(10-8-16)22-18(25)15-23-11-13-24(14-12-23)19(26)21(4,5)6/h7-10H,11-15H2,1-6H3,(H,22,25). The van der Waals surface area contributed by atoms with Crippen LogP contribution in [-0.4, -0.2) is 54.3 Å². The number of carbonyl (C=O) groups excluding carboxylic acids is 2. The van der Waals surface area contributed by atoms with E-state index < -0.39 is 0 Å². The Bertz CT molecular complexity index is 631. The van der Waals surface area contributed by atoms with Gasteiger partial charge in [0.25, 0.3) is 0 Å². The van der Waals surface area contributed by atoms with Gasteiger partial charge < -0.3 is 10.2 Å². The fraction of sp³-hybridized carbons (Fsp3) is 0.619. The van der Waals surface area contributed by atoms with Crippen molar-refractivity contribution < 1.29 is 9.59 Å². The largest absolute Gasteiger partial charge is 0.340 e. The maximum absolute atomic E-state index is 12.3. The second-order valence-electron chi connectivity index (χ2n) is 9.19. The molecule has 1 N–H and O–H groups in total. The van der Waals surface area contributed by atoms with Crippen LogP contribution in [-0.2, 0) is 15.0 Å². The molecule has 1 heterocycles. The van der Waals surface area contributed by atoms with Crippen LogP contribution in [0.15, 0.2) is 24.3 Å². The first-order valence-electron chi connectivity index (χ1n) is 9.39. The topological polar surface area (TPSA) is 52.7 Å². The number of hydrogen-bond donors (Lipinski definition) is 1. The van der Waals surface area contributed by atoms with Gasteiger partial charge in [-0.1, -0.05) is 53.7 Å². The van der Waals surface area contributed by atoms with Crippen molar-refractivity contribution in [1.29, 1.82) is 0 Å². The molecule has 1 saturated heterocycles. The summed E-state index contributed by atoms with van der Waals surface area (Å²) >= 11 is 0. The molecule has 1 aromatic rings. The lowest BCUT2D eigenvalue weighted by atomic mass is 9.87. The second kappa shape index (κ2) is 7.78. The van der Waals surface area contributed by atoms with E-state index in [2.05, 4.69) is 43.1 Å². The molecule has 0 spiro atoms. The van der Waals surface area contributed by atoms with Crippen molar-refractivity contribution in [3.8, 4) is 0 Å². The Morgan fingerprint density at radius 2 is 1.46 bits per heavy atom. The molecule has 0 saturated carbocycles. The fourth-order valence-electron chi connectivity index (χ4n) is 3.04. The van der Waals surface area contributed by atoms with Crippen molar-refractivity contribution in [2.45, 2.75) is 47.0 Å². The van der Waals surface area contributed by atoms with E-state index in [-0.39, 0.29) is 22.6 Å². The molecule has 144 valence electrons. The lowest BCUT2D eigenvalue weighted by Crippen LogP contribution is -2.52. The Morgan fingerprint density at radius 1 is 0.923 bits per heavy atom. The fourth-order valence-corrected chi connectivity index (χ4v) is 3.04. The average Bonchev–Trinajstić information content (AvgIpc) is 2.53. The minimum atomic E-state index is -0.348. The van der Waals surface area contributed by atoms with E-state index in [4.69, 9.17) is 0 Å². The van der Waals surface area contributed by atoms with Crippen LogP contribution in [0.25, 0.3) is 0 Å². The molecular weight excluding hydrogens is 326 g/mol. The van der Waals surface area contributed by atoms with Gasteiger partial charge in [0, 0.05) is 37.3 Å². The Labute approximate surface area is 157 Å². The van der Waals surface area contributed by atoms with Crippen molar-refractivity contribution in [3.63, 3.8) is 0 Å². The molecule has 5 heteroatoms. The van der Waals surface area contributed by atoms with Crippen LogP contribution in [0.1, 0.15) is 47.1 Å². The summed E-state index contributed by atoms with van der Waals surface area (Å²) in [6.07, 6.45) is 0. The summed E-state index contributed by atoms with van der Waals surface area (Å²) in [6.45, 7) is 15.5. The molecular formula is C21H33N3O2. The molecule has 5 nitrogen and oxygen atoms in total. The van der Waals surface area contributed by atoms with Crippen LogP contribution >= 0.6 is 0 Å². The monoisotopic (exact) mass is 359 g/mol. The molecule has 0 bridgehead atoms. The summed E-state index contributed by atoms with van der Waals surface area (Å²) in [4.78, 5) is 28.6. The SMILES string of the molecule is CC(C)(C)C(=O)N1CCN(CC(=O)Nc2ccc(C(C)(C)C)cc2)CC1. The highest BCUT2D eigenvalue weighted by molar-refractivity contribution is 5.92. The maximum Gasteiger partial charge on any atom is 0.238 e. The van der Waals surface area contributed by atoms with Crippen molar-refractivity contribution in [2.75, 3.05) is 38.0 Å². The lowest BCUT2D eigenvalue weighted by molar-refractivity contribution is -0.141. The van der Waals surface area contributed by atoms with Gasteiger partial charge in [-0.2, -0.15) is 0 Å². The van der Waals surface area contributed by atoms with E-state index in [1.807, 2.05) is 37.8 Å². The summed E-state index contributed by atoms with van der Waals surface area (Å²) in [5.74, 6) is 0.171. The normalized spacial score (nSPS) is 16.5. The van der Waals surface area contributed by atoms with Crippen LogP contribution in [0.5, 0.6) is 0 Å². The summed E-state index contributed by atoms with van der Waals surface area (Å²) < 4.78 is 0. The molecule has 0 atom stereocenters. The number of hydrogen-bond acceptors (Lipinski definition) is 3. The summed E-state index contributed by atoms with van der Waals surface area (Å²) in [5.41, 5.74) is 1.82. The predicted molar refractivity (Wildman–Crippen MR) is 106 cm³/mol. The van der Waals surface area contributed by atoms with Crippen LogP contribution < -0.4 is 5.32 Å². The van der Waals surface area contributed by atoms with Gasteiger partial charge in [0.1, 0.15) is 0 Å². The van der Waals surface area contributed by atoms with E-state index in [1.165, 1.54) is 5.56 Å². The number of anilines is 1. The van der Waals surface area contributed by atoms with Gasteiger partial charge >= 0.3 is 0 Å². The number of carbonyl (C=O) groups is 2. The van der Waals surface area contributed by atoms with Crippen LogP contribution in [0.4, 0.5) is 5.69 Å². The molecule has 1 aliphatic rings. The van der Waals surface area contributed by atoms with Gasteiger partial charge in [-0.05, 0) is 23.1 Å². The molecule has 1 aliphatic heterocycles. The molecule has 1 fully saturated rings. The Hall–Kier alpha value is -1.88.